The Morgan fingerprint density at radius 1 is 0.903 bits per heavy atom. The van der Waals surface area contributed by atoms with Gasteiger partial charge in [0.15, 0.2) is 5.16 Å². The molecule has 0 unspecified atom stereocenters. The van der Waals surface area contributed by atoms with Crippen LogP contribution in [0.5, 0.6) is 5.75 Å². The van der Waals surface area contributed by atoms with Gasteiger partial charge in [-0.3, -0.25) is 4.98 Å². The topological polar surface area (TPSA) is 60.0 Å². The van der Waals surface area contributed by atoms with E-state index in [9.17, 15) is 0 Å². The van der Waals surface area contributed by atoms with Crippen LogP contribution in [-0.2, 0) is 10.5 Å². The lowest BCUT2D eigenvalue weighted by atomic mass is 10.2. The lowest BCUT2D eigenvalue weighted by Crippen LogP contribution is -2.08. The molecule has 0 fully saturated rings. The van der Waals surface area contributed by atoms with Gasteiger partial charge in [0.05, 0.1) is 29.9 Å². The van der Waals surface area contributed by atoms with Crippen molar-refractivity contribution in [2.24, 2.45) is 0 Å². The maximum absolute atomic E-state index is 5.70. The van der Waals surface area contributed by atoms with E-state index in [-0.39, 0.29) is 0 Å². The second-order valence-corrected chi connectivity index (χ2v) is 8.95. The van der Waals surface area contributed by atoms with Crippen LogP contribution in [0.1, 0.15) is 11.3 Å². The Hall–Kier alpha value is -2.48. The van der Waals surface area contributed by atoms with Crippen molar-refractivity contribution in [1.82, 2.24) is 15.0 Å². The van der Waals surface area contributed by atoms with E-state index < -0.39 is 0 Å². The number of ether oxygens (including phenoxy) is 2. The van der Waals surface area contributed by atoms with Gasteiger partial charge in [0.1, 0.15) is 12.4 Å². The van der Waals surface area contributed by atoms with Crippen LogP contribution in [0.25, 0.3) is 11.0 Å². The van der Waals surface area contributed by atoms with Gasteiger partial charge in [0.2, 0.25) is 0 Å². The Morgan fingerprint density at radius 2 is 1.74 bits per heavy atom. The molecule has 2 aromatic carbocycles. The van der Waals surface area contributed by atoms with E-state index in [2.05, 4.69) is 27.9 Å². The smallest absolute Gasteiger partial charge is 0.166 e. The van der Waals surface area contributed by atoms with Gasteiger partial charge in [-0.2, -0.15) is 0 Å². The van der Waals surface area contributed by atoms with Crippen LogP contribution >= 0.6 is 23.5 Å². The number of imidazole rings is 1. The van der Waals surface area contributed by atoms with Crippen LogP contribution < -0.4 is 4.74 Å². The quantitative estimate of drug-likeness (QED) is 0.232. The van der Waals surface area contributed by atoms with Crippen LogP contribution in [0.4, 0.5) is 0 Å². The fraction of sp³-hybridized carbons (Fsp3) is 0.250. The fourth-order valence-corrected chi connectivity index (χ4v) is 4.87. The summed E-state index contributed by atoms with van der Waals surface area (Å²) in [5, 5.41) is 0.923. The van der Waals surface area contributed by atoms with Crippen molar-refractivity contribution >= 4 is 34.6 Å². The lowest BCUT2D eigenvalue weighted by molar-refractivity contribution is 0.112. The molecule has 5 nitrogen and oxygen atoms in total. The van der Waals surface area contributed by atoms with Crippen molar-refractivity contribution in [2.45, 2.75) is 22.7 Å². The number of aromatic amines is 1. The molecular formula is C24H25N3O2S2. The zero-order valence-corrected chi connectivity index (χ0v) is 19.0. The zero-order valence-electron chi connectivity index (χ0n) is 17.4. The first-order valence-electron chi connectivity index (χ1n) is 10.2. The Morgan fingerprint density at radius 3 is 2.61 bits per heavy atom. The van der Waals surface area contributed by atoms with Gasteiger partial charge in [0.25, 0.3) is 0 Å². The van der Waals surface area contributed by atoms with Crippen LogP contribution in [-0.4, -0.2) is 40.5 Å². The Labute approximate surface area is 191 Å². The predicted octanol–water partition coefficient (Wildman–Crippen LogP) is 5.75. The number of thioether (sulfide) groups is 2. The van der Waals surface area contributed by atoms with E-state index in [4.69, 9.17) is 9.47 Å². The Balaban J connectivity index is 1.20. The van der Waals surface area contributed by atoms with E-state index >= 15 is 0 Å². The molecule has 0 saturated heterocycles. The summed E-state index contributed by atoms with van der Waals surface area (Å²) in [4.78, 5) is 13.8. The number of nitrogens with zero attached hydrogens (tertiary/aromatic N) is 2. The minimum atomic E-state index is 0.562. The van der Waals surface area contributed by atoms with Gasteiger partial charge in [-0.25, -0.2) is 4.98 Å². The Kier molecular flexibility index (Phi) is 7.87. The molecule has 1 N–H and O–H groups in total. The first-order valence-corrected chi connectivity index (χ1v) is 12.2. The average Bonchev–Trinajstić information content (AvgIpc) is 3.22. The molecule has 0 atom stereocenters. The average molecular weight is 452 g/mol. The number of rotatable bonds is 11. The van der Waals surface area contributed by atoms with Gasteiger partial charge in [0, 0.05) is 22.6 Å². The number of benzene rings is 2. The van der Waals surface area contributed by atoms with E-state index in [1.807, 2.05) is 60.8 Å². The molecule has 0 aliphatic carbocycles. The van der Waals surface area contributed by atoms with Crippen molar-refractivity contribution in [3.8, 4) is 5.75 Å². The van der Waals surface area contributed by atoms with Crippen molar-refractivity contribution < 1.29 is 9.47 Å². The molecule has 2 aromatic heterocycles. The highest BCUT2D eigenvalue weighted by atomic mass is 32.2. The minimum Gasteiger partial charge on any atom is -0.491 e. The second-order valence-electron chi connectivity index (χ2n) is 6.85. The maximum Gasteiger partial charge on any atom is 0.166 e. The molecule has 7 heteroatoms. The third-order valence-corrected chi connectivity index (χ3v) is 6.71. The summed E-state index contributed by atoms with van der Waals surface area (Å²) in [6.45, 7) is 3.97. The SMILES string of the molecule is Cc1c(SCCOCCOc2ccccc2)ccnc1CSc1nc2ccccc2[nH]1. The highest BCUT2D eigenvalue weighted by molar-refractivity contribution is 7.99. The molecule has 0 bridgehead atoms. The first kappa shape index (κ1) is 21.7. The van der Waals surface area contributed by atoms with Gasteiger partial charge in [-0.1, -0.05) is 42.1 Å². The van der Waals surface area contributed by atoms with Gasteiger partial charge >= 0.3 is 0 Å². The molecule has 0 radical (unpaired) electrons. The molecule has 0 aliphatic heterocycles. The van der Waals surface area contributed by atoms with Crippen molar-refractivity contribution in [2.75, 3.05) is 25.6 Å². The van der Waals surface area contributed by atoms with E-state index in [0.29, 0.717) is 19.8 Å². The third-order valence-electron chi connectivity index (χ3n) is 4.70. The molecule has 31 heavy (non-hydrogen) atoms. The molecule has 0 spiro atoms. The predicted molar refractivity (Wildman–Crippen MR) is 128 cm³/mol. The number of H-pyrrole nitrogens is 1. The number of pyridine rings is 1. The third kappa shape index (κ3) is 6.26. The maximum atomic E-state index is 5.70. The van der Waals surface area contributed by atoms with Gasteiger partial charge in [-0.15, -0.1) is 11.8 Å². The van der Waals surface area contributed by atoms with Gasteiger partial charge in [-0.05, 0) is 42.8 Å². The molecule has 4 aromatic rings. The summed E-state index contributed by atoms with van der Waals surface area (Å²) in [5.41, 5.74) is 4.37. The fourth-order valence-electron chi connectivity index (χ4n) is 3.04. The number of hydrogen-bond donors (Lipinski definition) is 1. The molecule has 0 saturated carbocycles. The number of fused-ring (bicyclic) bond motifs is 1. The lowest BCUT2D eigenvalue weighted by Gasteiger charge is -2.10. The summed E-state index contributed by atoms with van der Waals surface area (Å²) in [5.74, 6) is 2.56. The van der Waals surface area contributed by atoms with Crippen molar-refractivity contribution in [3.05, 3.63) is 78.1 Å². The zero-order chi connectivity index (χ0) is 21.3. The summed E-state index contributed by atoms with van der Waals surface area (Å²) in [6, 6.07) is 20.0. The number of aromatic nitrogens is 3. The van der Waals surface area contributed by atoms with E-state index in [1.54, 1.807) is 23.5 Å². The van der Waals surface area contributed by atoms with E-state index in [1.165, 1.54) is 10.5 Å². The normalized spacial score (nSPS) is 11.1. The second kappa shape index (κ2) is 11.2. The van der Waals surface area contributed by atoms with Crippen LogP contribution in [0.3, 0.4) is 0 Å². The standard InChI is InChI=1S/C24H25N3O2S2/c1-18-22(17-31-24-26-20-9-5-6-10-21(20)27-24)25-12-11-23(18)30-16-15-28-13-14-29-19-7-3-2-4-8-19/h2-12H,13-17H2,1H3,(H,26,27). The first-order chi connectivity index (χ1) is 15.3. The summed E-state index contributed by atoms with van der Waals surface area (Å²) in [6.07, 6.45) is 1.89. The van der Waals surface area contributed by atoms with Gasteiger partial charge < -0.3 is 14.5 Å². The molecule has 0 amide bonds. The van der Waals surface area contributed by atoms with E-state index in [0.717, 1.165) is 39.1 Å². The summed E-state index contributed by atoms with van der Waals surface area (Å²) < 4.78 is 11.3. The largest absolute Gasteiger partial charge is 0.491 e. The van der Waals surface area contributed by atoms with Crippen molar-refractivity contribution in [1.29, 1.82) is 0 Å². The summed E-state index contributed by atoms with van der Waals surface area (Å²) >= 11 is 3.48. The Bertz CT molecular complexity index is 1070. The molecule has 2 heterocycles. The van der Waals surface area contributed by atoms with Crippen LogP contribution in [0, 0.1) is 6.92 Å². The monoisotopic (exact) mass is 451 g/mol. The minimum absolute atomic E-state index is 0.562. The highest BCUT2D eigenvalue weighted by Gasteiger charge is 2.09. The van der Waals surface area contributed by atoms with Crippen molar-refractivity contribution in [3.63, 3.8) is 0 Å². The number of hydrogen-bond acceptors (Lipinski definition) is 6. The summed E-state index contributed by atoms with van der Waals surface area (Å²) in [7, 11) is 0. The van der Waals surface area contributed by atoms with Crippen LogP contribution in [0.15, 0.2) is 76.9 Å². The number of para-hydroxylation sites is 3. The highest BCUT2D eigenvalue weighted by Crippen LogP contribution is 2.28. The molecule has 0 aliphatic rings. The van der Waals surface area contributed by atoms with Crippen LogP contribution in [0.2, 0.25) is 0 Å². The molecular weight excluding hydrogens is 426 g/mol. The molecule has 4 rings (SSSR count). The number of nitrogens with one attached hydrogen (secondary N) is 1. The molecule has 160 valence electrons.